The van der Waals surface area contributed by atoms with Gasteiger partial charge in [0, 0.05) is 47.0 Å². The third-order valence-corrected chi connectivity index (χ3v) is 5.63. The van der Waals surface area contributed by atoms with Gasteiger partial charge in [-0.2, -0.15) is 0 Å². The minimum Gasteiger partial charge on any atom is -0.381 e. The van der Waals surface area contributed by atoms with Crippen molar-refractivity contribution in [1.82, 2.24) is 0 Å². The minimum atomic E-state index is -0.224. The van der Waals surface area contributed by atoms with Crippen molar-refractivity contribution in [2.45, 2.75) is 24.9 Å². The molecule has 1 heterocycles. The molecule has 2 aromatic rings. The Kier molecular flexibility index (Phi) is 7.18. The van der Waals surface area contributed by atoms with Crippen LogP contribution in [0, 0.1) is 0 Å². The van der Waals surface area contributed by atoms with Crippen molar-refractivity contribution >= 4 is 34.8 Å². The molecule has 1 aliphatic heterocycles. The second-order valence-electron chi connectivity index (χ2n) is 6.93. The van der Waals surface area contributed by atoms with Crippen molar-refractivity contribution < 1.29 is 9.47 Å². The fraction of sp³-hybridized carbons (Fsp3) is 0.381. The largest absolute Gasteiger partial charge is 0.381 e. The summed E-state index contributed by atoms with van der Waals surface area (Å²) in [5.41, 5.74) is 8.92. The number of benzene rings is 2. The number of nitrogens with two attached hydrogens (primary N) is 1. The van der Waals surface area contributed by atoms with Crippen LogP contribution in [0.4, 0.5) is 5.69 Å². The SMILES string of the molecule is COCc1ccccc1NC(N)=NCC1(c2ccc(Cl)cc2Cl)CCOCC1. The fourth-order valence-electron chi connectivity index (χ4n) is 3.53. The Morgan fingerprint density at radius 1 is 1.21 bits per heavy atom. The lowest BCUT2D eigenvalue weighted by molar-refractivity contribution is 0.0532. The first kappa shape index (κ1) is 20.9. The highest BCUT2D eigenvalue weighted by atomic mass is 35.5. The average Bonchev–Trinajstić information content (AvgIpc) is 2.69. The number of aliphatic imine (C=N–C) groups is 1. The van der Waals surface area contributed by atoms with E-state index in [1.54, 1.807) is 13.2 Å². The van der Waals surface area contributed by atoms with Gasteiger partial charge in [0.05, 0.1) is 13.2 Å². The Labute approximate surface area is 175 Å². The predicted molar refractivity (Wildman–Crippen MR) is 115 cm³/mol. The fourth-order valence-corrected chi connectivity index (χ4v) is 4.14. The number of rotatable bonds is 6. The summed E-state index contributed by atoms with van der Waals surface area (Å²) in [5.74, 6) is 0.361. The number of hydrogen-bond acceptors (Lipinski definition) is 3. The zero-order valence-electron chi connectivity index (χ0n) is 15.9. The Hall–Kier alpha value is -1.79. The molecule has 1 fully saturated rings. The van der Waals surface area contributed by atoms with Crippen LogP contribution in [-0.2, 0) is 21.5 Å². The molecule has 5 nitrogen and oxygen atoms in total. The Morgan fingerprint density at radius 2 is 1.96 bits per heavy atom. The molecule has 0 radical (unpaired) electrons. The third kappa shape index (κ3) is 4.97. The molecule has 0 unspecified atom stereocenters. The molecule has 0 bridgehead atoms. The van der Waals surface area contributed by atoms with Crippen LogP contribution in [0.1, 0.15) is 24.0 Å². The first-order valence-corrected chi connectivity index (χ1v) is 9.97. The monoisotopic (exact) mass is 421 g/mol. The second-order valence-corrected chi connectivity index (χ2v) is 7.78. The van der Waals surface area contributed by atoms with Crippen LogP contribution in [0.5, 0.6) is 0 Å². The molecule has 1 saturated heterocycles. The van der Waals surface area contributed by atoms with E-state index in [1.807, 2.05) is 36.4 Å². The molecular formula is C21H25Cl2N3O2. The van der Waals surface area contributed by atoms with Crippen LogP contribution in [0.2, 0.25) is 10.0 Å². The highest BCUT2D eigenvalue weighted by Gasteiger charge is 2.36. The summed E-state index contributed by atoms with van der Waals surface area (Å²) in [6.45, 7) is 2.35. The van der Waals surface area contributed by atoms with Crippen molar-refractivity contribution in [3.63, 3.8) is 0 Å². The summed E-state index contributed by atoms with van der Waals surface area (Å²) in [5, 5.41) is 4.46. The topological polar surface area (TPSA) is 68.9 Å². The van der Waals surface area contributed by atoms with E-state index >= 15 is 0 Å². The van der Waals surface area contributed by atoms with Gasteiger partial charge in [-0.15, -0.1) is 0 Å². The molecule has 3 N–H and O–H groups in total. The first-order valence-electron chi connectivity index (χ1n) is 9.21. The lowest BCUT2D eigenvalue weighted by Crippen LogP contribution is -2.38. The lowest BCUT2D eigenvalue weighted by atomic mass is 9.74. The van der Waals surface area contributed by atoms with Crippen molar-refractivity contribution in [2.24, 2.45) is 10.7 Å². The van der Waals surface area contributed by atoms with E-state index in [-0.39, 0.29) is 5.41 Å². The Balaban J connectivity index is 1.82. The zero-order valence-corrected chi connectivity index (χ0v) is 17.4. The second kappa shape index (κ2) is 9.61. The maximum Gasteiger partial charge on any atom is 0.193 e. The van der Waals surface area contributed by atoms with Gasteiger partial charge in [0.1, 0.15) is 0 Å². The number of para-hydroxylation sites is 1. The molecule has 0 atom stereocenters. The molecule has 7 heteroatoms. The first-order chi connectivity index (χ1) is 13.5. The standard InChI is InChI=1S/C21H25Cl2N3O2/c1-27-13-15-4-2-3-5-19(15)26-20(24)25-14-21(8-10-28-11-9-21)17-7-6-16(22)12-18(17)23/h2-7,12H,8-11,13-14H2,1H3,(H3,24,25,26). The molecule has 0 aromatic heterocycles. The average molecular weight is 422 g/mol. The van der Waals surface area contributed by atoms with E-state index in [2.05, 4.69) is 10.3 Å². The highest BCUT2D eigenvalue weighted by molar-refractivity contribution is 6.35. The smallest absolute Gasteiger partial charge is 0.193 e. The van der Waals surface area contributed by atoms with Gasteiger partial charge in [0.25, 0.3) is 0 Å². The number of halogens is 2. The molecular weight excluding hydrogens is 397 g/mol. The van der Waals surface area contributed by atoms with Gasteiger partial charge in [-0.3, -0.25) is 4.99 Å². The summed E-state index contributed by atoms with van der Waals surface area (Å²) in [7, 11) is 1.67. The summed E-state index contributed by atoms with van der Waals surface area (Å²) in [6.07, 6.45) is 1.65. The Morgan fingerprint density at radius 3 is 2.68 bits per heavy atom. The number of nitrogens with one attached hydrogen (secondary N) is 1. The number of hydrogen-bond donors (Lipinski definition) is 2. The molecule has 3 rings (SSSR count). The molecule has 1 aliphatic rings. The van der Waals surface area contributed by atoms with Gasteiger partial charge in [0.2, 0.25) is 0 Å². The molecule has 0 spiro atoms. The molecule has 0 saturated carbocycles. The van der Waals surface area contributed by atoms with E-state index in [1.165, 1.54) is 0 Å². The summed E-state index contributed by atoms with van der Waals surface area (Å²) >= 11 is 12.6. The van der Waals surface area contributed by atoms with Crippen LogP contribution < -0.4 is 11.1 Å². The predicted octanol–water partition coefficient (Wildman–Crippen LogP) is 4.61. The van der Waals surface area contributed by atoms with Crippen LogP contribution in [-0.4, -0.2) is 32.8 Å². The number of nitrogens with zero attached hydrogens (tertiary/aromatic N) is 1. The van der Waals surface area contributed by atoms with E-state index in [0.717, 1.165) is 29.7 Å². The number of guanidine groups is 1. The van der Waals surface area contributed by atoms with Gasteiger partial charge in [0.15, 0.2) is 5.96 Å². The third-order valence-electron chi connectivity index (χ3n) is 5.08. The molecule has 0 aliphatic carbocycles. The maximum absolute atomic E-state index is 6.52. The quantitative estimate of drug-likeness (QED) is 0.527. The summed E-state index contributed by atoms with van der Waals surface area (Å²) in [4.78, 5) is 4.65. The van der Waals surface area contributed by atoms with Crippen molar-refractivity contribution in [1.29, 1.82) is 0 Å². The molecule has 150 valence electrons. The summed E-state index contributed by atoms with van der Waals surface area (Å²) in [6, 6.07) is 13.5. The van der Waals surface area contributed by atoms with Gasteiger partial charge in [-0.25, -0.2) is 0 Å². The van der Waals surface area contributed by atoms with E-state index in [9.17, 15) is 0 Å². The van der Waals surface area contributed by atoms with Gasteiger partial charge in [-0.1, -0.05) is 47.5 Å². The normalized spacial score (nSPS) is 16.8. The number of anilines is 1. The zero-order chi connectivity index (χ0) is 20.0. The van der Waals surface area contributed by atoms with E-state index < -0.39 is 0 Å². The van der Waals surface area contributed by atoms with Crippen LogP contribution in [0.25, 0.3) is 0 Å². The number of ether oxygens (including phenoxy) is 2. The highest BCUT2D eigenvalue weighted by Crippen LogP contribution is 2.40. The lowest BCUT2D eigenvalue weighted by Gasteiger charge is -2.37. The number of methoxy groups -OCH3 is 1. The molecule has 28 heavy (non-hydrogen) atoms. The maximum atomic E-state index is 6.52. The van der Waals surface area contributed by atoms with E-state index in [0.29, 0.717) is 42.4 Å². The summed E-state index contributed by atoms with van der Waals surface area (Å²) < 4.78 is 10.8. The van der Waals surface area contributed by atoms with Gasteiger partial charge in [-0.05, 0) is 36.6 Å². The van der Waals surface area contributed by atoms with Gasteiger partial charge >= 0.3 is 0 Å². The Bertz CT molecular complexity index is 836. The van der Waals surface area contributed by atoms with Crippen molar-refractivity contribution in [3.8, 4) is 0 Å². The van der Waals surface area contributed by atoms with E-state index in [4.69, 9.17) is 38.4 Å². The van der Waals surface area contributed by atoms with Gasteiger partial charge < -0.3 is 20.5 Å². The van der Waals surface area contributed by atoms with Crippen LogP contribution in [0.15, 0.2) is 47.5 Å². The van der Waals surface area contributed by atoms with Crippen LogP contribution in [0.3, 0.4) is 0 Å². The molecule has 2 aromatic carbocycles. The minimum absolute atomic E-state index is 0.224. The van der Waals surface area contributed by atoms with Crippen LogP contribution >= 0.6 is 23.2 Å². The van der Waals surface area contributed by atoms with Crippen molar-refractivity contribution in [3.05, 3.63) is 63.6 Å². The molecule has 0 amide bonds. The van der Waals surface area contributed by atoms with Crippen molar-refractivity contribution in [2.75, 3.05) is 32.2 Å².